The second kappa shape index (κ2) is 8.20. The smallest absolute Gasteiger partial charge is 0.191 e. The zero-order valence-corrected chi connectivity index (χ0v) is 16.8. The van der Waals surface area contributed by atoms with E-state index in [0.717, 1.165) is 43.3 Å². The van der Waals surface area contributed by atoms with E-state index in [0.29, 0.717) is 6.54 Å². The predicted octanol–water partition coefficient (Wildman–Crippen LogP) is 3.59. The number of para-hydroxylation sites is 1. The van der Waals surface area contributed by atoms with Gasteiger partial charge in [-0.1, -0.05) is 18.2 Å². The maximum absolute atomic E-state index is 5.92. The van der Waals surface area contributed by atoms with Crippen molar-refractivity contribution in [3.8, 4) is 0 Å². The Kier molecular flexibility index (Phi) is 6.51. The average molecular weight is 443 g/mol. The molecule has 1 aliphatic heterocycles. The summed E-state index contributed by atoms with van der Waals surface area (Å²) in [7, 11) is 1.78. The summed E-state index contributed by atoms with van der Waals surface area (Å²) in [6, 6.07) is 8.11. The van der Waals surface area contributed by atoms with Crippen LogP contribution in [0.2, 0.25) is 0 Å². The Morgan fingerprint density at radius 1 is 1.29 bits per heavy atom. The topological polar surface area (TPSA) is 58.8 Å². The van der Waals surface area contributed by atoms with E-state index in [9.17, 15) is 0 Å². The largest absolute Gasteiger partial charge is 0.459 e. The molecule has 0 spiro atoms. The number of hydrogen-bond acceptors (Lipinski definition) is 3. The first-order valence-corrected chi connectivity index (χ1v) is 8.17. The molecule has 0 aliphatic carbocycles. The van der Waals surface area contributed by atoms with Crippen molar-refractivity contribution >= 4 is 40.9 Å². The quantitative estimate of drug-likeness (QED) is 0.431. The van der Waals surface area contributed by atoms with Crippen LogP contribution in [-0.4, -0.2) is 31.8 Å². The van der Waals surface area contributed by atoms with Gasteiger partial charge in [-0.15, -0.1) is 24.0 Å². The van der Waals surface area contributed by atoms with Gasteiger partial charge in [0.25, 0.3) is 0 Å². The monoisotopic (exact) mass is 443 g/mol. The Morgan fingerprint density at radius 2 is 2.08 bits per heavy atom. The Balaban J connectivity index is 0.00000208. The van der Waals surface area contributed by atoms with Gasteiger partial charge < -0.3 is 19.8 Å². The zero-order valence-electron chi connectivity index (χ0n) is 14.5. The summed E-state index contributed by atoms with van der Waals surface area (Å²) in [5.74, 6) is 1.71. The van der Waals surface area contributed by atoms with Crippen LogP contribution in [-0.2, 0) is 11.3 Å². The van der Waals surface area contributed by atoms with E-state index in [1.807, 2.05) is 18.2 Å². The Bertz CT molecular complexity index is 705. The lowest BCUT2D eigenvalue weighted by Gasteiger charge is -2.24. The number of rotatable bonds is 4. The molecule has 1 aromatic carbocycles. The second-order valence-corrected chi connectivity index (χ2v) is 6.33. The van der Waals surface area contributed by atoms with Crippen molar-refractivity contribution in [3.63, 3.8) is 0 Å². The summed E-state index contributed by atoms with van der Waals surface area (Å²) >= 11 is 0. The molecular weight excluding hydrogens is 417 g/mol. The molecule has 0 saturated carbocycles. The van der Waals surface area contributed by atoms with Crippen molar-refractivity contribution in [1.29, 1.82) is 0 Å². The Morgan fingerprint density at radius 3 is 2.75 bits per heavy atom. The molecule has 3 rings (SSSR count). The number of halogens is 1. The van der Waals surface area contributed by atoms with Gasteiger partial charge in [0.2, 0.25) is 0 Å². The fourth-order valence-electron chi connectivity index (χ4n) is 3.03. The van der Waals surface area contributed by atoms with E-state index in [1.54, 1.807) is 7.05 Å². The van der Waals surface area contributed by atoms with Gasteiger partial charge in [0.1, 0.15) is 11.3 Å². The van der Waals surface area contributed by atoms with E-state index in [-0.39, 0.29) is 29.6 Å². The number of nitrogens with one attached hydrogen (secondary N) is 2. The van der Waals surface area contributed by atoms with E-state index < -0.39 is 0 Å². The highest BCUT2D eigenvalue weighted by molar-refractivity contribution is 14.0. The molecular formula is C18H26IN3O2. The number of benzene rings is 1. The summed E-state index contributed by atoms with van der Waals surface area (Å²) in [6.07, 6.45) is 2.21. The highest BCUT2D eigenvalue weighted by atomic mass is 127. The molecule has 24 heavy (non-hydrogen) atoms. The number of aliphatic imine (C=N–C) groups is 1. The highest BCUT2D eigenvalue weighted by Gasteiger charge is 2.29. The van der Waals surface area contributed by atoms with Crippen molar-refractivity contribution < 1.29 is 9.15 Å². The normalized spacial score (nSPS) is 20.9. The van der Waals surface area contributed by atoms with Crippen molar-refractivity contribution in [2.45, 2.75) is 38.8 Å². The number of guanidine groups is 1. The summed E-state index contributed by atoms with van der Waals surface area (Å²) in [5.41, 5.74) is 2.01. The Labute approximate surface area is 160 Å². The van der Waals surface area contributed by atoms with E-state index in [4.69, 9.17) is 9.15 Å². The Hall–Kier alpha value is -1.28. The average Bonchev–Trinajstić information content (AvgIpc) is 3.13. The molecule has 1 saturated heterocycles. The minimum atomic E-state index is -0.0904. The van der Waals surface area contributed by atoms with Crippen molar-refractivity contribution in [1.82, 2.24) is 10.6 Å². The summed E-state index contributed by atoms with van der Waals surface area (Å²) in [5, 5.41) is 7.83. The van der Waals surface area contributed by atoms with Crippen LogP contribution in [0.15, 0.2) is 33.7 Å². The van der Waals surface area contributed by atoms with Crippen LogP contribution in [0.3, 0.4) is 0 Å². The molecule has 6 heteroatoms. The number of furan rings is 1. The number of hydrogen-bond donors (Lipinski definition) is 2. The van der Waals surface area contributed by atoms with Gasteiger partial charge in [-0.2, -0.15) is 0 Å². The zero-order chi connectivity index (χ0) is 16.3. The van der Waals surface area contributed by atoms with Crippen molar-refractivity contribution in [3.05, 3.63) is 35.6 Å². The molecule has 2 N–H and O–H groups in total. The molecule has 1 aliphatic rings. The van der Waals surface area contributed by atoms with E-state index in [1.165, 1.54) is 10.9 Å². The highest BCUT2D eigenvalue weighted by Crippen LogP contribution is 2.25. The van der Waals surface area contributed by atoms with Gasteiger partial charge in [-0.05, 0) is 32.8 Å². The van der Waals surface area contributed by atoms with Gasteiger partial charge >= 0.3 is 0 Å². The standard InChI is InChI=1S/C18H25N3O2.HI/c1-13-14-7-4-5-8-15(14)23-16(13)11-20-17(19-3)21-12-18(2)9-6-10-22-18;/h4-5,7-8H,6,9-12H2,1-3H3,(H2,19,20,21);1H. The van der Waals surface area contributed by atoms with Crippen LogP contribution < -0.4 is 10.6 Å². The van der Waals surface area contributed by atoms with Crippen LogP contribution in [0.4, 0.5) is 0 Å². The van der Waals surface area contributed by atoms with Gasteiger partial charge in [0.15, 0.2) is 5.96 Å². The van der Waals surface area contributed by atoms with Crippen molar-refractivity contribution in [2.75, 3.05) is 20.2 Å². The molecule has 0 bridgehead atoms. The van der Waals surface area contributed by atoms with E-state index in [2.05, 4.69) is 35.5 Å². The number of ether oxygens (including phenoxy) is 1. The van der Waals surface area contributed by atoms with Crippen LogP contribution in [0.1, 0.15) is 31.1 Å². The molecule has 132 valence electrons. The third kappa shape index (κ3) is 4.22. The molecule has 0 radical (unpaired) electrons. The summed E-state index contributed by atoms with van der Waals surface area (Å²) in [4.78, 5) is 4.28. The van der Waals surface area contributed by atoms with Gasteiger partial charge in [0.05, 0.1) is 12.1 Å². The summed E-state index contributed by atoms with van der Waals surface area (Å²) < 4.78 is 11.7. The fourth-order valence-corrected chi connectivity index (χ4v) is 3.03. The lowest BCUT2D eigenvalue weighted by atomic mass is 10.0. The lowest BCUT2D eigenvalue weighted by Crippen LogP contribution is -2.45. The predicted molar refractivity (Wildman–Crippen MR) is 108 cm³/mol. The van der Waals surface area contributed by atoms with Crippen LogP contribution in [0.5, 0.6) is 0 Å². The van der Waals surface area contributed by atoms with Crippen LogP contribution in [0, 0.1) is 6.92 Å². The van der Waals surface area contributed by atoms with E-state index >= 15 is 0 Å². The fraction of sp³-hybridized carbons (Fsp3) is 0.500. The molecule has 1 fully saturated rings. The molecule has 0 amide bonds. The number of aryl methyl sites for hydroxylation is 1. The minimum absolute atomic E-state index is 0. The number of fused-ring (bicyclic) bond motifs is 1. The lowest BCUT2D eigenvalue weighted by molar-refractivity contribution is 0.0243. The third-order valence-corrected chi connectivity index (χ3v) is 4.51. The first kappa shape index (κ1) is 19.1. The first-order valence-electron chi connectivity index (χ1n) is 8.17. The van der Waals surface area contributed by atoms with Crippen molar-refractivity contribution in [2.24, 2.45) is 4.99 Å². The molecule has 1 unspecified atom stereocenters. The second-order valence-electron chi connectivity index (χ2n) is 6.33. The summed E-state index contributed by atoms with van der Waals surface area (Å²) in [6.45, 7) is 6.45. The minimum Gasteiger partial charge on any atom is -0.459 e. The molecule has 5 nitrogen and oxygen atoms in total. The third-order valence-electron chi connectivity index (χ3n) is 4.51. The SMILES string of the molecule is CN=C(NCc1oc2ccccc2c1C)NCC1(C)CCCO1.I. The maximum Gasteiger partial charge on any atom is 0.191 e. The molecule has 1 aromatic heterocycles. The first-order chi connectivity index (χ1) is 11.1. The van der Waals surface area contributed by atoms with Gasteiger partial charge in [-0.3, -0.25) is 4.99 Å². The van der Waals surface area contributed by atoms with Gasteiger partial charge in [0, 0.05) is 31.1 Å². The van der Waals surface area contributed by atoms with Crippen LogP contribution in [0.25, 0.3) is 11.0 Å². The number of nitrogens with zero attached hydrogens (tertiary/aromatic N) is 1. The molecule has 2 aromatic rings. The molecule has 1 atom stereocenters. The molecule has 2 heterocycles. The van der Waals surface area contributed by atoms with Crippen LogP contribution >= 0.6 is 24.0 Å². The maximum atomic E-state index is 5.92. The van der Waals surface area contributed by atoms with Gasteiger partial charge in [-0.25, -0.2) is 0 Å².